The largest absolute Gasteiger partial charge is 0.444 e. The summed E-state index contributed by atoms with van der Waals surface area (Å²) in [6.07, 6.45) is 0.538. The molecule has 1 amide bonds. The molecule has 0 aromatic carbocycles. The van der Waals surface area contributed by atoms with Gasteiger partial charge in [0.1, 0.15) is 5.60 Å². The Labute approximate surface area is 109 Å². The number of amides is 1. The van der Waals surface area contributed by atoms with Crippen LogP contribution in [0.5, 0.6) is 0 Å². The number of carbonyl (C=O) groups is 1. The summed E-state index contributed by atoms with van der Waals surface area (Å²) in [7, 11) is 0. The zero-order valence-corrected chi connectivity index (χ0v) is 11.9. The summed E-state index contributed by atoms with van der Waals surface area (Å²) in [6.45, 7) is 8.90. The minimum absolute atomic E-state index is 0.0357. The molecule has 0 spiro atoms. The monoisotopic (exact) mass is 256 g/mol. The first-order chi connectivity index (χ1) is 8.12. The van der Waals surface area contributed by atoms with E-state index in [1.807, 2.05) is 0 Å². The van der Waals surface area contributed by atoms with Gasteiger partial charge in [-0.1, -0.05) is 0 Å². The molecule has 2 N–H and O–H groups in total. The summed E-state index contributed by atoms with van der Waals surface area (Å²) < 4.78 is 5.17. The number of nitrogens with one attached hydrogen (secondary N) is 1. The van der Waals surface area contributed by atoms with E-state index in [0.717, 1.165) is 0 Å². The summed E-state index contributed by atoms with van der Waals surface area (Å²) in [6, 6.07) is 1.82. The van der Waals surface area contributed by atoms with Crippen LogP contribution in [0.2, 0.25) is 0 Å². The fourth-order valence-corrected chi connectivity index (χ4v) is 1.44. The van der Waals surface area contributed by atoms with E-state index in [4.69, 9.17) is 15.1 Å². The van der Waals surface area contributed by atoms with E-state index in [1.165, 1.54) is 0 Å². The summed E-state index contributed by atoms with van der Waals surface area (Å²) in [5, 5.41) is 20.7. The highest BCUT2D eigenvalue weighted by Gasteiger charge is 2.31. The molecule has 0 heterocycles. The zero-order chi connectivity index (χ0) is 14.4. The molecule has 0 aromatic rings. The van der Waals surface area contributed by atoms with Crippen LogP contribution in [0.1, 0.15) is 47.5 Å². The highest BCUT2D eigenvalue weighted by molar-refractivity contribution is 5.68. The number of hydrogen-bond donors (Lipinski definition) is 2. The normalized spacial score (nSPS) is 13.6. The van der Waals surface area contributed by atoms with Crippen molar-refractivity contribution in [1.29, 1.82) is 5.26 Å². The third kappa shape index (κ3) is 6.45. The highest BCUT2D eigenvalue weighted by Crippen LogP contribution is 2.23. The number of nitriles is 1. The average Bonchev–Trinajstić information content (AvgIpc) is 2.21. The van der Waals surface area contributed by atoms with Crippen molar-refractivity contribution < 1.29 is 14.6 Å². The standard InChI is InChI=1S/C13H24N2O3/c1-12(2,3)18-11(17)15-10(7-6-8-16)13(4,5)9-14/h10,16H,6-8H2,1-5H3,(H,15,17)/t10-/m1/s1. The molecular weight excluding hydrogens is 232 g/mol. The van der Waals surface area contributed by atoms with Crippen LogP contribution in [0, 0.1) is 16.7 Å². The molecule has 104 valence electrons. The van der Waals surface area contributed by atoms with Crippen molar-refractivity contribution in [3.8, 4) is 6.07 Å². The highest BCUT2D eigenvalue weighted by atomic mass is 16.6. The van der Waals surface area contributed by atoms with Crippen molar-refractivity contribution in [3.05, 3.63) is 0 Å². The predicted molar refractivity (Wildman–Crippen MR) is 68.9 cm³/mol. The number of nitrogens with zero attached hydrogens (tertiary/aromatic N) is 1. The Morgan fingerprint density at radius 1 is 1.39 bits per heavy atom. The van der Waals surface area contributed by atoms with Crippen molar-refractivity contribution in [2.75, 3.05) is 6.61 Å². The van der Waals surface area contributed by atoms with E-state index >= 15 is 0 Å². The van der Waals surface area contributed by atoms with Crippen LogP contribution in [0.15, 0.2) is 0 Å². The SMILES string of the molecule is CC(C)(C)OC(=O)N[C@H](CCCO)C(C)(C)C#N. The molecule has 18 heavy (non-hydrogen) atoms. The minimum Gasteiger partial charge on any atom is -0.444 e. The number of aliphatic hydroxyl groups excluding tert-OH is 1. The molecule has 0 radical (unpaired) electrons. The molecule has 5 nitrogen and oxygen atoms in total. The fraction of sp³-hybridized carbons (Fsp3) is 0.846. The van der Waals surface area contributed by atoms with Gasteiger partial charge in [0.05, 0.1) is 17.5 Å². The van der Waals surface area contributed by atoms with Gasteiger partial charge in [-0.25, -0.2) is 4.79 Å². The molecule has 0 aliphatic heterocycles. The molecule has 5 heteroatoms. The van der Waals surface area contributed by atoms with Gasteiger partial charge in [-0.2, -0.15) is 5.26 Å². The maximum Gasteiger partial charge on any atom is 0.407 e. The van der Waals surface area contributed by atoms with Gasteiger partial charge in [-0.3, -0.25) is 0 Å². The Hall–Kier alpha value is -1.28. The molecule has 0 aliphatic rings. The first-order valence-corrected chi connectivity index (χ1v) is 6.14. The zero-order valence-electron chi connectivity index (χ0n) is 11.9. The first-order valence-electron chi connectivity index (χ1n) is 6.14. The molecule has 0 rings (SSSR count). The van der Waals surface area contributed by atoms with Crippen LogP contribution >= 0.6 is 0 Å². The second-order valence-corrected chi connectivity index (χ2v) is 5.90. The van der Waals surface area contributed by atoms with Crippen LogP contribution in [-0.4, -0.2) is 29.4 Å². The van der Waals surface area contributed by atoms with E-state index in [-0.39, 0.29) is 12.6 Å². The van der Waals surface area contributed by atoms with Gasteiger partial charge < -0.3 is 15.2 Å². The van der Waals surface area contributed by atoms with E-state index in [1.54, 1.807) is 34.6 Å². The molecule has 0 fully saturated rings. The molecule has 0 bridgehead atoms. The molecular formula is C13H24N2O3. The molecule has 0 unspecified atom stereocenters. The Balaban J connectivity index is 4.61. The molecule has 1 atom stereocenters. The van der Waals surface area contributed by atoms with Gasteiger partial charge in [-0.15, -0.1) is 0 Å². The van der Waals surface area contributed by atoms with Crippen molar-refractivity contribution in [2.24, 2.45) is 5.41 Å². The van der Waals surface area contributed by atoms with Crippen molar-refractivity contribution in [2.45, 2.75) is 59.1 Å². The topological polar surface area (TPSA) is 82.3 Å². The lowest BCUT2D eigenvalue weighted by Crippen LogP contribution is -2.46. The first kappa shape index (κ1) is 16.7. The van der Waals surface area contributed by atoms with Gasteiger partial charge in [0.2, 0.25) is 0 Å². The Kier molecular flexibility index (Phi) is 6.13. The second-order valence-electron chi connectivity index (χ2n) is 5.90. The minimum atomic E-state index is -0.702. The maximum atomic E-state index is 11.7. The van der Waals surface area contributed by atoms with Gasteiger partial charge in [-0.05, 0) is 47.5 Å². The van der Waals surface area contributed by atoms with E-state index in [2.05, 4.69) is 11.4 Å². The summed E-state index contributed by atoms with van der Waals surface area (Å²) in [4.78, 5) is 11.7. The number of aliphatic hydroxyl groups is 1. The lowest BCUT2D eigenvalue weighted by atomic mass is 9.83. The smallest absolute Gasteiger partial charge is 0.407 e. The number of carbonyl (C=O) groups excluding carboxylic acids is 1. The average molecular weight is 256 g/mol. The summed E-state index contributed by atoms with van der Waals surface area (Å²) in [5.41, 5.74) is -1.27. The molecule has 0 aliphatic carbocycles. The Bertz CT molecular complexity index is 313. The lowest BCUT2D eigenvalue weighted by molar-refractivity contribution is 0.0468. The number of hydrogen-bond acceptors (Lipinski definition) is 4. The number of ether oxygens (including phenoxy) is 1. The van der Waals surface area contributed by atoms with E-state index in [0.29, 0.717) is 12.8 Å². The van der Waals surface area contributed by atoms with Crippen molar-refractivity contribution >= 4 is 6.09 Å². The lowest BCUT2D eigenvalue weighted by Gasteiger charge is -2.30. The van der Waals surface area contributed by atoms with Gasteiger partial charge in [0.15, 0.2) is 0 Å². The van der Waals surface area contributed by atoms with Crippen LogP contribution in [0.25, 0.3) is 0 Å². The van der Waals surface area contributed by atoms with E-state index in [9.17, 15) is 4.79 Å². The number of rotatable bonds is 5. The second kappa shape index (κ2) is 6.60. The molecule has 0 saturated heterocycles. The predicted octanol–water partition coefficient (Wildman–Crippen LogP) is 2.20. The van der Waals surface area contributed by atoms with E-state index < -0.39 is 17.1 Å². The Morgan fingerprint density at radius 3 is 2.33 bits per heavy atom. The Morgan fingerprint density at radius 2 is 1.94 bits per heavy atom. The van der Waals surface area contributed by atoms with Gasteiger partial charge >= 0.3 is 6.09 Å². The third-order valence-electron chi connectivity index (χ3n) is 2.50. The summed E-state index contributed by atoms with van der Waals surface area (Å²) in [5.74, 6) is 0. The molecule has 0 aromatic heterocycles. The number of alkyl carbamates (subject to hydrolysis) is 1. The maximum absolute atomic E-state index is 11.7. The van der Waals surface area contributed by atoms with Crippen LogP contribution in [-0.2, 0) is 4.74 Å². The van der Waals surface area contributed by atoms with Gasteiger partial charge in [0.25, 0.3) is 0 Å². The van der Waals surface area contributed by atoms with Crippen LogP contribution in [0.3, 0.4) is 0 Å². The summed E-state index contributed by atoms with van der Waals surface area (Å²) >= 11 is 0. The van der Waals surface area contributed by atoms with Crippen LogP contribution < -0.4 is 5.32 Å². The fourth-order valence-electron chi connectivity index (χ4n) is 1.44. The van der Waals surface area contributed by atoms with Gasteiger partial charge in [0, 0.05) is 6.61 Å². The third-order valence-corrected chi connectivity index (χ3v) is 2.50. The quantitative estimate of drug-likeness (QED) is 0.790. The van der Waals surface area contributed by atoms with Crippen molar-refractivity contribution in [1.82, 2.24) is 5.32 Å². The van der Waals surface area contributed by atoms with Crippen molar-refractivity contribution in [3.63, 3.8) is 0 Å². The van der Waals surface area contributed by atoms with Crippen LogP contribution in [0.4, 0.5) is 4.79 Å². The molecule has 0 saturated carbocycles.